The molecule has 0 saturated carbocycles. The smallest absolute Gasteiger partial charge is 0.323 e. The van der Waals surface area contributed by atoms with Crippen LogP contribution in [0.2, 0.25) is 0 Å². The standard InChI is InChI=1S/C13H17N5O5/c19-5-1-2-14-9-8-10(17-3-6-22-7-4-17)11-12(16-23-15-11)13(9)18(20)21/h8,14,19H,1-7H2. The molecule has 23 heavy (non-hydrogen) atoms. The Morgan fingerprint density at radius 1 is 1.35 bits per heavy atom. The Bertz CT molecular complexity index is 697. The van der Waals surface area contributed by atoms with Gasteiger partial charge in [0.25, 0.3) is 0 Å². The van der Waals surface area contributed by atoms with E-state index >= 15 is 0 Å². The van der Waals surface area contributed by atoms with Gasteiger partial charge in [0.05, 0.1) is 23.8 Å². The van der Waals surface area contributed by atoms with E-state index in [1.165, 1.54) is 0 Å². The van der Waals surface area contributed by atoms with Crippen molar-refractivity contribution in [2.24, 2.45) is 0 Å². The molecular formula is C13H17N5O5. The van der Waals surface area contributed by atoms with Gasteiger partial charge in [-0.15, -0.1) is 0 Å². The molecule has 0 spiro atoms. The molecule has 1 aliphatic rings. The van der Waals surface area contributed by atoms with E-state index in [2.05, 4.69) is 15.6 Å². The van der Waals surface area contributed by atoms with Crippen molar-refractivity contribution in [1.29, 1.82) is 0 Å². The Kier molecular flexibility index (Phi) is 4.53. The van der Waals surface area contributed by atoms with Crippen LogP contribution in [0.1, 0.15) is 6.42 Å². The number of aliphatic hydroxyl groups excluding tert-OH is 1. The minimum absolute atomic E-state index is 0.00484. The van der Waals surface area contributed by atoms with Crippen molar-refractivity contribution >= 4 is 28.1 Å². The first-order valence-corrected chi connectivity index (χ1v) is 7.33. The highest BCUT2D eigenvalue weighted by Crippen LogP contribution is 2.38. The fraction of sp³-hybridized carbons (Fsp3) is 0.538. The topological polar surface area (TPSA) is 127 Å². The van der Waals surface area contributed by atoms with Crippen molar-refractivity contribution in [3.63, 3.8) is 0 Å². The van der Waals surface area contributed by atoms with E-state index in [1.807, 2.05) is 4.90 Å². The van der Waals surface area contributed by atoms with Crippen LogP contribution in [0.4, 0.5) is 17.1 Å². The molecule has 0 unspecified atom stereocenters. The minimum Gasteiger partial charge on any atom is -0.396 e. The molecule has 1 fully saturated rings. The van der Waals surface area contributed by atoms with Crippen LogP contribution in [0.3, 0.4) is 0 Å². The number of rotatable bonds is 6. The predicted octanol–water partition coefficient (Wildman–Crippen LogP) is 0.762. The molecule has 0 aliphatic carbocycles. The molecule has 3 rings (SSSR count). The number of aliphatic hydroxyl groups is 1. The second-order valence-corrected chi connectivity index (χ2v) is 5.11. The van der Waals surface area contributed by atoms with Gasteiger partial charge in [-0.05, 0) is 22.8 Å². The molecule has 1 aromatic carbocycles. The molecule has 0 radical (unpaired) electrons. The maximum Gasteiger partial charge on any atom is 0.323 e. The summed E-state index contributed by atoms with van der Waals surface area (Å²) < 4.78 is 10.1. The molecule has 124 valence electrons. The molecule has 1 aliphatic heterocycles. The van der Waals surface area contributed by atoms with Crippen LogP contribution in [0.15, 0.2) is 10.7 Å². The number of nitro benzene ring substituents is 1. The summed E-state index contributed by atoms with van der Waals surface area (Å²) in [5.41, 5.74) is 1.38. The second-order valence-electron chi connectivity index (χ2n) is 5.11. The molecule has 0 amide bonds. The van der Waals surface area contributed by atoms with Crippen molar-refractivity contribution in [3.8, 4) is 0 Å². The Morgan fingerprint density at radius 2 is 2.09 bits per heavy atom. The molecule has 2 aromatic rings. The van der Waals surface area contributed by atoms with Crippen molar-refractivity contribution in [1.82, 2.24) is 10.3 Å². The third-order valence-corrected chi connectivity index (χ3v) is 3.68. The van der Waals surface area contributed by atoms with Gasteiger partial charge in [-0.25, -0.2) is 4.63 Å². The summed E-state index contributed by atoms with van der Waals surface area (Å²) in [5, 5.41) is 30.8. The zero-order chi connectivity index (χ0) is 16.2. The second kappa shape index (κ2) is 6.75. The Morgan fingerprint density at radius 3 is 2.78 bits per heavy atom. The number of benzene rings is 1. The Labute approximate surface area is 131 Å². The molecule has 10 nitrogen and oxygen atoms in total. The normalized spacial score (nSPS) is 15.1. The average molecular weight is 323 g/mol. The fourth-order valence-corrected chi connectivity index (χ4v) is 2.58. The number of ether oxygens (including phenoxy) is 1. The largest absolute Gasteiger partial charge is 0.396 e. The van der Waals surface area contributed by atoms with Gasteiger partial charge in [0, 0.05) is 26.2 Å². The summed E-state index contributed by atoms with van der Waals surface area (Å²) in [6.45, 7) is 2.90. The fourth-order valence-electron chi connectivity index (χ4n) is 2.58. The van der Waals surface area contributed by atoms with E-state index in [1.54, 1.807) is 6.07 Å². The van der Waals surface area contributed by atoms with Gasteiger partial charge < -0.3 is 20.1 Å². The van der Waals surface area contributed by atoms with Crippen molar-refractivity contribution in [2.75, 3.05) is 49.7 Å². The summed E-state index contributed by atoms with van der Waals surface area (Å²) in [7, 11) is 0. The maximum absolute atomic E-state index is 11.4. The number of nitro groups is 1. The van der Waals surface area contributed by atoms with Gasteiger partial charge in [0.2, 0.25) is 5.52 Å². The maximum atomic E-state index is 11.4. The van der Waals surface area contributed by atoms with Gasteiger partial charge in [0.1, 0.15) is 5.69 Å². The predicted molar refractivity (Wildman–Crippen MR) is 81.7 cm³/mol. The number of hydrogen-bond acceptors (Lipinski definition) is 9. The SMILES string of the molecule is O=[N+]([O-])c1c(NCCCO)cc(N2CCOCC2)c2nonc12. The molecule has 0 bridgehead atoms. The van der Waals surface area contributed by atoms with E-state index in [0.29, 0.717) is 50.5 Å². The first kappa shape index (κ1) is 15.4. The van der Waals surface area contributed by atoms with E-state index in [9.17, 15) is 10.1 Å². The number of fused-ring (bicyclic) bond motifs is 1. The van der Waals surface area contributed by atoms with Crippen LogP contribution in [0, 0.1) is 10.1 Å². The van der Waals surface area contributed by atoms with Crippen LogP contribution in [0.25, 0.3) is 11.0 Å². The third kappa shape index (κ3) is 3.03. The molecule has 2 heterocycles. The average Bonchev–Trinajstić information content (AvgIpc) is 3.03. The minimum atomic E-state index is -0.503. The quantitative estimate of drug-likeness (QED) is 0.450. The van der Waals surface area contributed by atoms with Crippen LogP contribution in [0.5, 0.6) is 0 Å². The van der Waals surface area contributed by atoms with Gasteiger partial charge in [-0.3, -0.25) is 10.1 Å². The highest BCUT2D eigenvalue weighted by atomic mass is 16.6. The highest BCUT2D eigenvalue weighted by molar-refractivity contribution is 5.99. The van der Waals surface area contributed by atoms with E-state index in [0.717, 1.165) is 5.69 Å². The number of morpholine rings is 1. The first-order valence-electron chi connectivity index (χ1n) is 7.33. The van der Waals surface area contributed by atoms with Gasteiger partial charge >= 0.3 is 5.69 Å². The summed E-state index contributed by atoms with van der Waals surface area (Å²) in [6, 6.07) is 1.69. The number of nitrogens with one attached hydrogen (secondary N) is 1. The third-order valence-electron chi connectivity index (χ3n) is 3.68. The van der Waals surface area contributed by atoms with Gasteiger partial charge in [-0.1, -0.05) is 0 Å². The van der Waals surface area contributed by atoms with Crippen LogP contribution in [-0.2, 0) is 4.74 Å². The Balaban J connectivity index is 2.07. The van der Waals surface area contributed by atoms with Crippen LogP contribution >= 0.6 is 0 Å². The monoisotopic (exact) mass is 323 g/mol. The van der Waals surface area contributed by atoms with Crippen LogP contribution in [-0.4, -0.2) is 59.8 Å². The zero-order valence-corrected chi connectivity index (χ0v) is 12.4. The number of aromatic nitrogens is 2. The Hall–Kier alpha value is -2.46. The van der Waals surface area contributed by atoms with Gasteiger partial charge in [0.15, 0.2) is 5.52 Å². The molecule has 0 atom stereocenters. The van der Waals surface area contributed by atoms with E-state index in [4.69, 9.17) is 14.5 Å². The lowest BCUT2D eigenvalue weighted by molar-refractivity contribution is -0.382. The lowest BCUT2D eigenvalue weighted by atomic mass is 10.1. The van der Waals surface area contributed by atoms with Gasteiger partial charge in [-0.2, -0.15) is 0 Å². The number of hydrogen-bond donors (Lipinski definition) is 2. The number of anilines is 2. The lowest BCUT2D eigenvalue weighted by Gasteiger charge is -2.29. The van der Waals surface area contributed by atoms with E-state index < -0.39 is 4.92 Å². The summed E-state index contributed by atoms with van der Waals surface area (Å²) in [4.78, 5) is 13.0. The van der Waals surface area contributed by atoms with Crippen molar-refractivity contribution in [3.05, 3.63) is 16.2 Å². The summed E-state index contributed by atoms with van der Waals surface area (Å²) in [6.07, 6.45) is 0.485. The van der Waals surface area contributed by atoms with Crippen LogP contribution < -0.4 is 10.2 Å². The lowest BCUT2D eigenvalue weighted by Crippen LogP contribution is -2.36. The van der Waals surface area contributed by atoms with Crippen molar-refractivity contribution in [2.45, 2.75) is 6.42 Å². The number of nitrogens with zero attached hydrogens (tertiary/aromatic N) is 4. The molecular weight excluding hydrogens is 306 g/mol. The first-order chi connectivity index (χ1) is 11.2. The highest BCUT2D eigenvalue weighted by Gasteiger charge is 2.28. The molecule has 10 heteroatoms. The molecule has 2 N–H and O–H groups in total. The zero-order valence-electron chi connectivity index (χ0n) is 12.4. The summed E-state index contributed by atoms with van der Waals surface area (Å²) in [5.74, 6) is 0. The van der Waals surface area contributed by atoms with Crippen molar-refractivity contribution < 1.29 is 19.4 Å². The molecule has 1 saturated heterocycles. The summed E-state index contributed by atoms with van der Waals surface area (Å²) >= 11 is 0. The molecule has 1 aromatic heterocycles. The van der Waals surface area contributed by atoms with E-state index in [-0.39, 0.29) is 17.8 Å².